The number of rotatable bonds is 2. The van der Waals surface area contributed by atoms with Crippen molar-refractivity contribution < 1.29 is 4.79 Å². The van der Waals surface area contributed by atoms with Crippen molar-refractivity contribution in [2.45, 2.75) is 13.5 Å². The third kappa shape index (κ3) is 2.58. The predicted molar refractivity (Wildman–Crippen MR) is 77.9 cm³/mol. The quantitative estimate of drug-likeness (QED) is 0.862. The van der Waals surface area contributed by atoms with Crippen molar-refractivity contribution in [3.63, 3.8) is 0 Å². The van der Waals surface area contributed by atoms with Gasteiger partial charge in [-0.05, 0) is 25.1 Å². The summed E-state index contributed by atoms with van der Waals surface area (Å²) in [5, 5.41) is 3.27. The van der Waals surface area contributed by atoms with Crippen LogP contribution < -0.4 is 10.2 Å². The summed E-state index contributed by atoms with van der Waals surface area (Å²) in [7, 11) is 0. The van der Waals surface area contributed by atoms with Crippen LogP contribution in [-0.2, 0) is 11.3 Å². The van der Waals surface area contributed by atoms with Gasteiger partial charge < -0.3 is 10.2 Å². The number of anilines is 2. The van der Waals surface area contributed by atoms with Gasteiger partial charge in [0.2, 0.25) is 5.91 Å². The number of aryl methyl sites for hydroxylation is 1. The van der Waals surface area contributed by atoms with Crippen molar-refractivity contribution in [1.82, 2.24) is 9.97 Å². The van der Waals surface area contributed by atoms with E-state index >= 15 is 0 Å². The molecular weight excluding hydrogens is 276 g/mol. The molecule has 2 heterocycles. The monoisotopic (exact) mass is 288 g/mol. The van der Waals surface area contributed by atoms with Gasteiger partial charge in [0.15, 0.2) is 0 Å². The number of carbonyl (C=O) groups is 1. The van der Waals surface area contributed by atoms with Crippen LogP contribution in [-0.4, -0.2) is 22.4 Å². The standard InChI is InChI=1S/C14H13ClN4O/c1-9-6-12(15)18-13(16-9)7-19-8-14(20)17-10-4-2-3-5-11(10)19/h2-6H,7-8H2,1H3,(H,17,20). The van der Waals surface area contributed by atoms with E-state index in [2.05, 4.69) is 15.3 Å². The molecule has 102 valence electrons. The maximum Gasteiger partial charge on any atom is 0.243 e. The van der Waals surface area contributed by atoms with Gasteiger partial charge in [0.05, 0.1) is 24.5 Å². The van der Waals surface area contributed by atoms with Gasteiger partial charge in [0.1, 0.15) is 11.0 Å². The Morgan fingerprint density at radius 1 is 1.35 bits per heavy atom. The number of nitrogens with zero attached hydrogens (tertiary/aromatic N) is 3. The first-order valence-electron chi connectivity index (χ1n) is 6.26. The van der Waals surface area contributed by atoms with Gasteiger partial charge in [-0.1, -0.05) is 23.7 Å². The molecule has 0 unspecified atom stereocenters. The van der Waals surface area contributed by atoms with E-state index in [0.29, 0.717) is 17.5 Å². The highest BCUT2D eigenvalue weighted by Crippen LogP contribution is 2.29. The predicted octanol–water partition coefficient (Wildman–Crippen LogP) is 2.40. The molecule has 2 aromatic rings. The second-order valence-electron chi connectivity index (χ2n) is 4.67. The van der Waals surface area contributed by atoms with Crippen LogP contribution in [0.3, 0.4) is 0 Å². The number of aromatic nitrogens is 2. The Bertz CT molecular complexity index is 654. The lowest BCUT2D eigenvalue weighted by atomic mass is 10.2. The van der Waals surface area contributed by atoms with Gasteiger partial charge in [0.25, 0.3) is 0 Å². The molecule has 0 bridgehead atoms. The Balaban J connectivity index is 1.92. The van der Waals surface area contributed by atoms with Gasteiger partial charge in [-0.15, -0.1) is 0 Å². The van der Waals surface area contributed by atoms with Crippen LogP contribution >= 0.6 is 11.6 Å². The van der Waals surface area contributed by atoms with E-state index < -0.39 is 0 Å². The SMILES string of the molecule is Cc1cc(Cl)nc(CN2CC(=O)Nc3ccccc32)n1. The van der Waals surface area contributed by atoms with Crippen LogP contribution in [0.5, 0.6) is 0 Å². The van der Waals surface area contributed by atoms with Gasteiger partial charge >= 0.3 is 0 Å². The van der Waals surface area contributed by atoms with Crippen molar-refractivity contribution >= 4 is 28.9 Å². The number of nitrogens with one attached hydrogen (secondary N) is 1. The van der Waals surface area contributed by atoms with Gasteiger partial charge in [-0.3, -0.25) is 4.79 Å². The molecule has 0 saturated carbocycles. The first-order valence-corrected chi connectivity index (χ1v) is 6.63. The molecule has 1 aromatic heterocycles. The number of benzene rings is 1. The summed E-state index contributed by atoms with van der Waals surface area (Å²) in [4.78, 5) is 22.2. The number of para-hydroxylation sites is 2. The zero-order chi connectivity index (χ0) is 14.1. The van der Waals surface area contributed by atoms with E-state index in [4.69, 9.17) is 11.6 Å². The van der Waals surface area contributed by atoms with Crippen LogP contribution in [0, 0.1) is 6.92 Å². The number of halogens is 1. The fourth-order valence-corrected chi connectivity index (χ4v) is 2.53. The molecule has 5 nitrogen and oxygen atoms in total. The van der Waals surface area contributed by atoms with Crippen LogP contribution in [0.4, 0.5) is 11.4 Å². The van der Waals surface area contributed by atoms with E-state index in [1.165, 1.54) is 0 Å². The third-order valence-corrected chi connectivity index (χ3v) is 3.25. The van der Waals surface area contributed by atoms with Gasteiger partial charge in [-0.2, -0.15) is 0 Å². The zero-order valence-electron chi connectivity index (χ0n) is 10.9. The fraction of sp³-hybridized carbons (Fsp3) is 0.214. The van der Waals surface area contributed by atoms with E-state index in [1.54, 1.807) is 6.07 Å². The number of hydrogen-bond donors (Lipinski definition) is 1. The first kappa shape index (κ1) is 12.9. The molecular formula is C14H13ClN4O. The Kier molecular flexibility index (Phi) is 3.28. The molecule has 6 heteroatoms. The summed E-state index contributed by atoms with van der Waals surface area (Å²) in [5.41, 5.74) is 2.59. The number of hydrogen-bond acceptors (Lipinski definition) is 4. The van der Waals surface area contributed by atoms with E-state index in [9.17, 15) is 4.79 Å². The minimum absolute atomic E-state index is 0.0394. The summed E-state index contributed by atoms with van der Waals surface area (Å²) >= 11 is 5.95. The Labute approximate surface area is 121 Å². The molecule has 1 N–H and O–H groups in total. The zero-order valence-corrected chi connectivity index (χ0v) is 11.7. The smallest absolute Gasteiger partial charge is 0.243 e. The minimum atomic E-state index is -0.0394. The minimum Gasteiger partial charge on any atom is -0.353 e. The van der Waals surface area contributed by atoms with E-state index in [0.717, 1.165) is 17.1 Å². The average Bonchev–Trinajstić information content (AvgIpc) is 2.37. The highest BCUT2D eigenvalue weighted by atomic mass is 35.5. The molecule has 20 heavy (non-hydrogen) atoms. The van der Waals surface area contributed by atoms with Crippen LogP contribution in [0.25, 0.3) is 0 Å². The maximum absolute atomic E-state index is 11.7. The summed E-state index contributed by atoms with van der Waals surface area (Å²) in [6.07, 6.45) is 0. The molecule has 0 spiro atoms. The first-order chi connectivity index (χ1) is 9.61. The van der Waals surface area contributed by atoms with E-state index in [-0.39, 0.29) is 12.5 Å². The third-order valence-electron chi connectivity index (χ3n) is 3.05. The summed E-state index contributed by atoms with van der Waals surface area (Å²) in [6, 6.07) is 9.38. The van der Waals surface area contributed by atoms with Crippen LogP contribution in [0.15, 0.2) is 30.3 Å². The summed E-state index contributed by atoms with van der Waals surface area (Å²) < 4.78 is 0. The molecule has 0 radical (unpaired) electrons. The molecule has 1 aliphatic heterocycles. The van der Waals surface area contributed by atoms with Crippen LogP contribution in [0.2, 0.25) is 5.15 Å². The average molecular weight is 289 g/mol. The molecule has 0 aliphatic carbocycles. The Morgan fingerprint density at radius 3 is 2.95 bits per heavy atom. The van der Waals surface area contributed by atoms with Crippen molar-refractivity contribution in [3.8, 4) is 0 Å². The molecule has 1 amide bonds. The fourth-order valence-electron chi connectivity index (χ4n) is 2.27. The van der Waals surface area contributed by atoms with E-state index in [1.807, 2.05) is 36.1 Å². The topological polar surface area (TPSA) is 58.1 Å². The maximum atomic E-state index is 11.7. The second-order valence-corrected chi connectivity index (χ2v) is 5.06. The molecule has 1 aliphatic rings. The van der Waals surface area contributed by atoms with Crippen molar-refractivity contribution in [2.75, 3.05) is 16.8 Å². The lowest BCUT2D eigenvalue weighted by Gasteiger charge is -2.30. The lowest BCUT2D eigenvalue weighted by Crippen LogP contribution is -2.38. The largest absolute Gasteiger partial charge is 0.353 e. The normalized spacial score (nSPS) is 13.9. The Hall–Kier alpha value is -2.14. The highest BCUT2D eigenvalue weighted by Gasteiger charge is 2.22. The molecule has 0 saturated heterocycles. The lowest BCUT2D eigenvalue weighted by molar-refractivity contribution is -0.115. The van der Waals surface area contributed by atoms with Crippen molar-refractivity contribution in [1.29, 1.82) is 0 Å². The molecule has 1 aromatic carbocycles. The summed E-state index contributed by atoms with van der Waals surface area (Å²) in [5.74, 6) is 0.571. The number of carbonyl (C=O) groups excluding carboxylic acids is 1. The number of fused-ring (bicyclic) bond motifs is 1. The van der Waals surface area contributed by atoms with Crippen molar-refractivity contribution in [2.24, 2.45) is 0 Å². The second kappa shape index (κ2) is 5.09. The van der Waals surface area contributed by atoms with Crippen LogP contribution in [0.1, 0.15) is 11.5 Å². The Morgan fingerprint density at radius 2 is 2.15 bits per heavy atom. The van der Waals surface area contributed by atoms with Crippen molar-refractivity contribution in [3.05, 3.63) is 47.0 Å². The highest BCUT2D eigenvalue weighted by molar-refractivity contribution is 6.29. The van der Waals surface area contributed by atoms with Gasteiger partial charge in [0, 0.05) is 5.69 Å². The molecule has 0 fully saturated rings. The molecule has 3 rings (SSSR count). The molecule has 0 atom stereocenters. The van der Waals surface area contributed by atoms with Gasteiger partial charge in [-0.25, -0.2) is 9.97 Å². The summed E-state index contributed by atoms with van der Waals surface area (Å²) in [6.45, 7) is 2.60. The number of amides is 1.